The van der Waals surface area contributed by atoms with Crippen molar-refractivity contribution in [1.82, 2.24) is 0 Å². The molecule has 1 aliphatic rings. The summed E-state index contributed by atoms with van der Waals surface area (Å²) in [6.07, 6.45) is 4.00. The Bertz CT molecular complexity index is 213. The van der Waals surface area contributed by atoms with E-state index in [1.165, 1.54) is 30.4 Å². The highest BCUT2D eigenvalue weighted by Crippen LogP contribution is 2.29. The molecular formula is C11H18O. The van der Waals surface area contributed by atoms with Gasteiger partial charge in [0.1, 0.15) is 6.10 Å². The third kappa shape index (κ3) is 2.13. The molecule has 0 aromatic rings. The lowest BCUT2D eigenvalue weighted by Crippen LogP contribution is -2.09. The average molecular weight is 166 g/mol. The van der Waals surface area contributed by atoms with Gasteiger partial charge in [0, 0.05) is 0 Å². The van der Waals surface area contributed by atoms with Crippen molar-refractivity contribution in [3.63, 3.8) is 0 Å². The van der Waals surface area contributed by atoms with Crippen molar-refractivity contribution in [3.8, 4) is 0 Å². The lowest BCUT2D eigenvalue weighted by atomic mass is 10.1. The van der Waals surface area contributed by atoms with Crippen molar-refractivity contribution in [2.45, 2.75) is 46.1 Å². The maximum atomic E-state index is 5.55. The van der Waals surface area contributed by atoms with E-state index in [0.29, 0.717) is 0 Å². The van der Waals surface area contributed by atoms with Gasteiger partial charge in [-0.1, -0.05) is 12.2 Å². The second-order valence-electron chi connectivity index (χ2n) is 3.62. The zero-order chi connectivity index (χ0) is 9.14. The fraction of sp³-hybridized carbons (Fsp3) is 0.636. The normalized spacial score (nSPS) is 19.6. The van der Waals surface area contributed by atoms with Crippen molar-refractivity contribution in [2.24, 2.45) is 0 Å². The Hall–Kier alpha value is -0.720. The van der Waals surface area contributed by atoms with Crippen molar-refractivity contribution < 1.29 is 4.74 Å². The summed E-state index contributed by atoms with van der Waals surface area (Å²) < 4.78 is 5.55. The van der Waals surface area contributed by atoms with E-state index in [1.54, 1.807) is 0 Å². The van der Waals surface area contributed by atoms with Crippen molar-refractivity contribution >= 4 is 0 Å². The van der Waals surface area contributed by atoms with Gasteiger partial charge in [0.15, 0.2) is 0 Å². The van der Waals surface area contributed by atoms with Crippen LogP contribution in [-0.2, 0) is 4.74 Å². The van der Waals surface area contributed by atoms with E-state index in [9.17, 15) is 0 Å². The van der Waals surface area contributed by atoms with Crippen molar-refractivity contribution in [1.29, 1.82) is 0 Å². The molecule has 1 unspecified atom stereocenters. The smallest absolute Gasteiger partial charge is 0.117 e. The van der Waals surface area contributed by atoms with E-state index < -0.39 is 0 Å². The van der Waals surface area contributed by atoms with E-state index in [-0.39, 0.29) is 6.10 Å². The van der Waals surface area contributed by atoms with Gasteiger partial charge in [0.2, 0.25) is 0 Å². The van der Waals surface area contributed by atoms with Crippen molar-refractivity contribution in [3.05, 3.63) is 23.5 Å². The summed E-state index contributed by atoms with van der Waals surface area (Å²) in [5.74, 6) is 0.815. The summed E-state index contributed by atoms with van der Waals surface area (Å²) in [4.78, 5) is 0. The highest BCUT2D eigenvalue weighted by Gasteiger charge is 2.17. The Labute approximate surface area is 75.1 Å². The van der Waals surface area contributed by atoms with Gasteiger partial charge >= 0.3 is 0 Å². The average Bonchev–Trinajstić information content (AvgIpc) is 2.33. The first kappa shape index (κ1) is 9.37. The molecule has 1 heteroatoms. The number of hydrogen-bond acceptors (Lipinski definition) is 1. The number of allylic oxidation sites excluding steroid dienone is 2. The highest BCUT2D eigenvalue weighted by molar-refractivity contribution is 5.21. The van der Waals surface area contributed by atoms with Crippen LogP contribution in [0.1, 0.15) is 40.0 Å². The van der Waals surface area contributed by atoms with Crippen LogP contribution in [0.4, 0.5) is 0 Å². The lowest BCUT2D eigenvalue weighted by molar-refractivity contribution is 0.161. The van der Waals surface area contributed by atoms with Crippen LogP contribution < -0.4 is 0 Å². The van der Waals surface area contributed by atoms with Gasteiger partial charge in [-0.15, -0.1) is 0 Å². The molecule has 0 aliphatic heterocycles. The molecule has 1 rings (SSSR count). The standard InChI is InChI=1S/C11H18O/c1-8(2)12-10(4)11-7-5-6-9(11)3/h10H,1,5-7H2,2-4H3. The molecule has 1 nitrogen and oxygen atoms in total. The molecule has 0 aromatic heterocycles. The highest BCUT2D eigenvalue weighted by atomic mass is 16.5. The number of hydrogen-bond donors (Lipinski definition) is 0. The van der Waals surface area contributed by atoms with Gasteiger partial charge in [0.25, 0.3) is 0 Å². The first-order valence-electron chi connectivity index (χ1n) is 4.62. The van der Waals surface area contributed by atoms with Gasteiger partial charge in [-0.3, -0.25) is 0 Å². The second-order valence-corrected chi connectivity index (χ2v) is 3.62. The molecule has 1 atom stereocenters. The summed E-state index contributed by atoms with van der Waals surface area (Å²) in [7, 11) is 0. The largest absolute Gasteiger partial charge is 0.492 e. The van der Waals surface area contributed by atoms with Crippen LogP contribution >= 0.6 is 0 Å². The molecule has 0 N–H and O–H groups in total. The third-order valence-corrected chi connectivity index (χ3v) is 2.41. The molecule has 0 heterocycles. The summed E-state index contributed by atoms with van der Waals surface area (Å²) in [6, 6.07) is 0. The second kappa shape index (κ2) is 3.79. The van der Waals surface area contributed by atoms with E-state index in [0.717, 1.165) is 5.76 Å². The van der Waals surface area contributed by atoms with E-state index >= 15 is 0 Å². The quantitative estimate of drug-likeness (QED) is 0.461. The maximum absolute atomic E-state index is 5.55. The van der Waals surface area contributed by atoms with Gasteiger partial charge in [-0.05, 0) is 45.6 Å². The van der Waals surface area contributed by atoms with Gasteiger partial charge in [-0.2, -0.15) is 0 Å². The Morgan fingerprint density at radius 1 is 1.50 bits per heavy atom. The van der Waals surface area contributed by atoms with Crippen LogP contribution in [0.3, 0.4) is 0 Å². The molecule has 0 amide bonds. The first-order valence-corrected chi connectivity index (χ1v) is 4.62. The zero-order valence-electron chi connectivity index (χ0n) is 8.31. The Kier molecular flexibility index (Phi) is 2.96. The molecular weight excluding hydrogens is 148 g/mol. The SMILES string of the molecule is C=C(C)OC(C)C1=C(C)CCC1. The van der Waals surface area contributed by atoms with Crippen LogP contribution in [0, 0.1) is 0 Å². The fourth-order valence-electron chi connectivity index (χ4n) is 1.84. The third-order valence-electron chi connectivity index (χ3n) is 2.41. The van der Waals surface area contributed by atoms with Crippen LogP contribution in [0.2, 0.25) is 0 Å². The van der Waals surface area contributed by atoms with Crippen LogP contribution in [0.25, 0.3) is 0 Å². The molecule has 0 spiro atoms. The summed E-state index contributed by atoms with van der Waals surface area (Å²) in [5, 5.41) is 0. The molecule has 0 saturated heterocycles. The van der Waals surface area contributed by atoms with E-state index in [2.05, 4.69) is 20.4 Å². The van der Waals surface area contributed by atoms with Crippen LogP contribution in [0.15, 0.2) is 23.5 Å². The van der Waals surface area contributed by atoms with Gasteiger partial charge < -0.3 is 4.74 Å². The minimum absolute atomic E-state index is 0.241. The predicted molar refractivity (Wildman–Crippen MR) is 51.9 cm³/mol. The summed E-state index contributed by atoms with van der Waals surface area (Å²) >= 11 is 0. The Balaban J connectivity index is 2.57. The van der Waals surface area contributed by atoms with Crippen molar-refractivity contribution in [2.75, 3.05) is 0 Å². The molecule has 68 valence electrons. The first-order chi connectivity index (χ1) is 5.61. The molecule has 0 fully saturated rings. The molecule has 0 bridgehead atoms. The Morgan fingerprint density at radius 3 is 2.58 bits per heavy atom. The van der Waals surface area contributed by atoms with Gasteiger partial charge in [-0.25, -0.2) is 0 Å². The Morgan fingerprint density at radius 2 is 2.17 bits per heavy atom. The minimum atomic E-state index is 0.241. The predicted octanol–water partition coefficient (Wildman–Crippen LogP) is 3.43. The maximum Gasteiger partial charge on any atom is 0.117 e. The number of ether oxygens (including phenoxy) is 1. The molecule has 1 aliphatic carbocycles. The molecule has 0 saturated carbocycles. The molecule has 12 heavy (non-hydrogen) atoms. The topological polar surface area (TPSA) is 9.23 Å². The van der Waals surface area contributed by atoms with E-state index in [1.807, 2.05) is 6.92 Å². The van der Waals surface area contributed by atoms with Crippen LogP contribution in [0.5, 0.6) is 0 Å². The summed E-state index contributed by atoms with van der Waals surface area (Å²) in [5.41, 5.74) is 3.00. The minimum Gasteiger partial charge on any atom is -0.492 e. The zero-order valence-corrected chi connectivity index (χ0v) is 8.31. The molecule has 0 radical (unpaired) electrons. The summed E-state index contributed by atoms with van der Waals surface area (Å²) in [6.45, 7) is 9.97. The number of rotatable bonds is 3. The van der Waals surface area contributed by atoms with Crippen LogP contribution in [-0.4, -0.2) is 6.10 Å². The van der Waals surface area contributed by atoms with Gasteiger partial charge in [0.05, 0.1) is 5.76 Å². The lowest BCUT2D eigenvalue weighted by Gasteiger charge is -2.16. The fourth-order valence-corrected chi connectivity index (χ4v) is 1.84. The van der Waals surface area contributed by atoms with E-state index in [4.69, 9.17) is 4.74 Å². The molecule has 0 aromatic carbocycles. The monoisotopic (exact) mass is 166 g/mol.